The molecule has 3 atom stereocenters. The molecule has 0 saturated heterocycles. The Bertz CT molecular complexity index is 716. The smallest absolute Gasteiger partial charge is 0.315 e. The summed E-state index contributed by atoms with van der Waals surface area (Å²) in [6, 6.07) is 0. The molecule has 0 bridgehead atoms. The number of hydrogen-bond acceptors (Lipinski definition) is 4. The molecule has 0 radical (unpaired) electrons. The van der Waals surface area contributed by atoms with Gasteiger partial charge in [-0.25, -0.2) is 0 Å². The molecule has 0 amide bonds. The lowest BCUT2D eigenvalue weighted by Gasteiger charge is -2.59. The highest BCUT2D eigenvalue weighted by atomic mass is 16.5. The maximum Gasteiger partial charge on any atom is 0.315 e. The normalized spacial score (nSPS) is 36.8. The predicted molar refractivity (Wildman–Crippen MR) is 90.4 cm³/mol. The molecule has 0 N–H and O–H groups in total. The molecule has 0 spiro atoms. The van der Waals surface area contributed by atoms with E-state index in [1.54, 1.807) is 0 Å². The van der Waals surface area contributed by atoms with E-state index in [1.165, 1.54) is 18.2 Å². The van der Waals surface area contributed by atoms with E-state index in [2.05, 4.69) is 32.0 Å². The Labute approximate surface area is 143 Å². The number of nitrogens with zero attached hydrogens (tertiary/aromatic N) is 1. The zero-order chi connectivity index (χ0) is 17.2. The van der Waals surface area contributed by atoms with Crippen molar-refractivity contribution in [2.45, 2.75) is 64.7 Å². The predicted octanol–water partition coefficient (Wildman–Crippen LogP) is 4.19. The third-order valence-electron chi connectivity index (χ3n) is 7.15. The van der Waals surface area contributed by atoms with Crippen molar-refractivity contribution in [1.29, 1.82) is 0 Å². The van der Waals surface area contributed by atoms with E-state index in [9.17, 15) is 4.79 Å². The maximum absolute atomic E-state index is 12.8. The minimum atomic E-state index is -0.414. The second-order valence-corrected chi connectivity index (χ2v) is 8.67. The molecule has 4 nitrogen and oxygen atoms in total. The first kappa shape index (κ1) is 15.9. The lowest BCUT2D eigenvalue weighted by Crippen LogP contribution is -2.56. The molecule has 130 valence electrons. The zero-order valence-corrected chi connectivity index (χ0v) is 15.1. The Morgan fingerprint density at radius 2 is 2.12 bits per heavy atom. The van der Waals surface area contributed by atoms with Gasteiger partial charge < -0.3 is 9.26 Å². The molecule has 3 aliphatic carbocycles. The Hall–Kier alpha value is -1.58. The first-order chi connectivity index (χ1) is 11.4. The molecule has 1 aromatic rings. The van der Waals surface area contributed by atoms with E-state index in [-0.39, 0.29) is 16.8 Å². The van der Waals surface area contributed by atoms with Gasteiger partial charge in [0.2, 0.25) is 0 Å². The first-order valence-electron chi connectivity index (χ1n) is 9.10. The number of hydrogen-bond donors (Lipinski definition) is 0. The summed E-state index contributed by atoms with van der Waals surface area (Å²) in [7, 11) is 1.53. The van der Waals surface area contributed by atoms with Crippen LogP contribution in [0.2, 0.25) is 0 Å². The fourth-order valence-electron chi connectivity index (χ4n) is 6.27. The highest BCUT2D eigenvalue weighted by Gasteiger charge is 2.62. The van der Waals surface area contributed by atoms with Crippen LogP contribution in [0.1, 0.15) is 64.2 Å². The van der Waals surface area contributed by atoms with Crippen LogP contribution in [0.5, 0.6) is 0 Å². The number of carbonyl (C=O) groups is 1. The number of carbonyl (C=O) groups excluding carboxylic acids is 1. The van der Waals surface area contributed by atoms with E-state index >= 15 is 0 Å². The Morgan fingerprint density at radius 1 is 1.33 bits per heavy atom. The van der Waals surface area contributed by atoms with Gasteiger partial charge in [0.25, 0.3) is 0 Å². The second-order valence-electron chi connectivity index (χ2n) is 8.67. The fourth-order valence-corrected chi connectivity index (χ4v) is 6.27. The second kappa shape index (κ2) is 4.96. The third kappa shape index (κ3) is 1.80. The first-order valence-corrected chi connectivity index (χ1v) is 9.10. The number of ether oxygens (including phenoxy) is 1. The van der Waals surface area contributed by atoms with Crippen LogP contribution in [-0.4, -0.2) is 18.2 Å². The van der Waals surface area contributed by atoms with Crippen molar-refractivity contribution in [1.82, 2.24) is 5.16 Å². The summed E-state index contributed by atoms with van der Waals surface area (Å²) >= 11 is 0. The molecular formula is C20H27NO3. The summed E-state index contributed by atoms with van der Waals surface area (Å²) in [5.41, 5.74) is 2.01. The molecule has 0 aliphatic heterocycles. The van der Waals surface area contributed by atoms with Crippen molar-refractivity contribution in [3.63, 3.8) is 0 Å². The van der Waals surface area contributed by atoms with E-state index in [1.807, 2.05) is 6.20 Å². The molecule has 1 saturated carbocycles. The SMILES string of the molecule is COC(=O)[C@]12CCCC=C1C1(C)Cc3cnoc3C(C)(C)[C@@H]1CC2. The summed E-state index contributed by atoms with van der Waals surface area (Å²) in [5.74, 6) is 1.45. The van der Waals surface area contributed by atoms with E-state index < -0.39 is 5.41 Å². The van der Waals surface area contributed by atoms with Gasteiger partial charge in [-0.1, -0.05) is 37.6 Å². The van der Waals surface area contributed by atoms with Gasteiger partial charge in [-0.2, -0.15) is 0 Å². The van der Waals surface area contributed by atoms with Gasteiger partial charge in [0.1, 0.15) is 5.76 Å². The van der Waals surface area contributed by atoms with E-state index in [4.69, 9.17) is 9.26 Å². The molecule has 24 heavy (non-hydrogen) atoms. The summed E-state index contributed by atoms with van der Waals surface area (Å²) < 4.78 is 10.9. The summed E-state index contributed by atoms with van der Waals surface area (Å²) in [4.78, 5) is 12.8. The van der Waals surface area contributed by atoms with Crippen molar-refractivity contribution >= 4 is 5.97 Å². The van der Waals surface area contributed by atoms with Crippen LogP contribution in [0.4, 0.5) is 0 Å². The van der Waals surface area contributed by atoms with Crippen molar-refractivity contribution in [3.8, 4) is 0 Å². The number of aromatic nitrogens is 1. The Kier molecular flexibility index (Phi) is 3.29. The number of rotatable bonds is 1. The van der Waals surface area contributed by atoms with Gasteiger partial charge in [-0.05, 0) is 49.9 Å². The maximum atomic E-state index is 12.8. The molecule has 4 heteroatoms. The number of esters is 1. The van der Waals surface area contributed by atoms with Crippen LogP contribution in [0.3, 0.4) is 0 Å². The molecule has 1 unspecified atom stereocenters. The van der Waals surface area contributed by atoms with Gasteiger partial charge in [-0.3, -0.25) is 4.79 Å². The van der Waals surface area contributed by atoms with Crippen LogP contribution in [0.25, 0.3) is 0 Å². The molecule has 4 rings (SSSR count). The largest absolute Gasteiger partial charge is 0.468 e. The van der Waals surface area contributed by atoms with Gasteiger partial charge in [0.15, 0.2) is 0 Å². The topological polar surface area (TPSA) is 52.3 Å². The van der Waals surface area contributed by atoms with Gasteiger partial charge in [-0.15, -0.1) is 0 Å². The van der Waals surface area contributed by atoms with Gasteiger partial charge in [0, 0.05) is 11.0 Å². The summed E-state index contributed by atoms with van der Waals surface area (Å²) in [5, 5.41) is 4.07. The van der Waals surface area contributed by atoms with Crippen molar-refractivity contribution in [2.75, 3.05) is 7.11 Å². The highest BCUT2D eigenvalue weighted by Crippen LogP contribution is 2.65. The van der Waals surface area contributed by atoms with Crippen LogP contribution >= 0.6 is 0 Å². The van der Waals surface area contributed by atoms with Crippen LogP contribution in [0.15, 0.2) is 22.4 Å². The summed E-state index contributed by atoms with van der Waals surface area (Å²) in [6.45, 7) is 6.89. The molecule has 1 aromatic heterocycles. The molecule has 1 fully saturated rings. The van der Waals surface area contributed by atoms with Crippen molar-refractivity contribution in [2.24, 2.45) is 16.7 Å². The lowest BCUT2D eigenvalue weighted by molar-refractivity contribution is -0.155. The number of allylic oxidation sites excluding steroid dienone is 1. The molecule has 1 heterocycles. The number of fused-ring (bicyclic) bond motifs is 4. The Morgan fingerprint density at radius 3 is 2.88 bits per heavy atom. The van der Waals surface area contributed by atoms with Gasteiger partial charge >= 0.3 is 5.97 Å². The van der Waals surface area contributed by atoms with Gasteiger partial charge in [0.05, 0.1) is 18.7 Å². The lowest BCUT2D eigenvalue weighted by atomic mass is 9.44. The van der Waals surface area contributed by atoms with E-state index in [0.717, 1.165) is 44.3 Å². The molecule has 3 aliphatic rings. The molecular weight excluding hydrogens is 302 g/mol. The average molecular weight is 329 g/mol. The highest BCUT2D eigenvalue weighted by molar-refractivity contribution is 5.82. The van der Waals surface area contributed by atoms with Crippen molar-refractivity contribution < 1.29 is 14.1 Å². The van der Waals surface area contributed by atoms with Crippen molar-refractivity contribution in [3.05, 3.63) is 29.2 Å². The van der Waals surface area contributed by atoms with Crippen LogP contribution in [-0.2, 0) is 21.4 Å². The Balaban J connectivity index is 1.89. The fraction of sp³-hybridized carbons (Fsp3) is 0.700. The zero-order valence-electron chi connectivity index (χ0n) is 15.1. The minimum Gasteiger partial charge on any atom is -0.468 e. The minimum absolute atomic E-state index is 0.0328. The van der Waals surface area contributed by atoms with E-state index in [0.29, 0.717) is 5.92 Å². The number of methoxy groups -OCH3 is 1. The third-order valence-corrected chi connectivity index (χ3v) is 7.15. The molecule has 0 aromatic carbocycles. The summed E-state index contributed by atoms with van der Waals surface area (Å²) in [6.07, 6.45) is 10.1. The average Bonchev–Trinajstić information content (AvgIpc) is 3.02. The van der Waals surface area contributed by atoms with Crippen LogP contribution < -0.4 is 0 Å². The monoisotopic (exact) mass is 329 g/mol. The standard InChI is InChI=1S/C20H27NO3/c1-18(2)14-8-10-20(17(22)23-4)9-6-5-7-15(20)19(14,3)11-13-12-21-24-16(13)18/h7,12,14H,5-6,8-11H2,1-4H3/t14-,19?,20-/m0/s1. The van der Waals surface area contributed by atoms with Crippen LogP contribution in [0, 0.1) is 16.7 Å². The quantitative estimate of drug-likeness (QED) is 0.572.